The first kappa shape index (κ1) is 13.1. The predicted molar refractivity (Wildman–Crippen MR) is 65.2 cm³/mol. The van der Waals surface area contributed by atoms with E-state index in [1.165, 1.54) is 6.07 Å². The summed E-state index contributed by atoms with van der Waals surface area (Å²) < 4.78 is 4.91. The molecule has 96 valence electrons. The summed E-state index contributed by atoms with van der Waals surface area (Å²) in [7, 11) is 0. The third-order valence-electron chi connectivity index (χ3n) is 2.44. The number of nitro groups is 1. The number of nitrogens with one attached hydrogen (secondary N) is 1. The topological polar surface area (TPSA) is 81.5 Å². The first-order chi connectivity index (χ1) is 8.49. The van der Waals surface area contributed by atoms with Crippen LogP contribution in [0.4, 0.5) is 5.69 Å². The first-order valence-corrected chi connectivity index (χ1v) is 5.76. The molecule has 1 saturated heterocycles. The lowest BCUT2D eigenvalue weighted by Crippen LogP contribution is -2.48. The molecule has 0 radical (unpaired) electrons. The van der Waals surface area contributed by atoms with E-state index in [1.807, 2.05) is 0 Å². The van der Waals surface area contributed by atoms with Crippen molar-refractivity contribution >= 4 is 34.8 Å². The van der Waals surface area contributed by atoms with Crippen LogP contribution < -0.4 is 5.32 Å². The zero-order valence-corrected chi connectivity index (χ0v) is 10.5. The summed E-state index contributed by atoms with van der Waals surface area (Å²) in [6.45, 7) is 0.879. The van der Waals surface area contributed by atoms with Gasteiger partial charge in [-0.2, -0.15) is 0 Å². The highest BCUT2D eigenvalue weighted by Gasteiger charge is 2.24. The minimum atomic E-state index is -0.683. The van der Waals surface area contributed by atoms with E-state index >= 15 is 0 Å². The molecule has 0 spiro atoms. The number of hydrogen-bond acceptors (Lipinski definition) is 4. The van der Waals surface area contributed by atoms with Crippen molar-refractivity contribution in [1.29, 1.82) is 0 Å². The number of benzene rings is 1. The first-order valence-electron chi connectivity index (χ1n) is 5.01. The summed E-state index contributed by atoms with van der Waals surface area (Å²) in [4.78, 5) is 21.9. The summed E-state index contributed by atoms with van der Waals surface area (Å²) in [5.41, 5.74) is -0.290. The smallest absolute Gasteiger partial charge is 0.290 e. The second-order valence-electron chi connectivity index (χ2n) is 3.76. The van der Waals surface area contributed by atoms with E-state index in [0.29, 0.717) is 13.2 Å². The third-order valence-corrected chi connectivity index (χ3v) is 3.23. The van der Waals surface area contributed by atoms with Gasteiger partial charge in [0.05, 0.1) is 29.2 Å². The molecule has 1 aromatic rings. The maximum Gasteiger partial charge on any atom is 0.290 e. The number of rotatable bonds is 3. The average Bonchev–Trinajstić information content (AvgIpc) is 2.26. The van der Waals surface area contributed by atoms with Gasteiger partial charge in [-0.3, -0.25) is 14.9 Å². The molecule has 1 fully saturated rings. The SMILES string of the molecule is O=C(NC1COC1)c1cc(Cl)c(Cl)c([N+](=O)[O-])c1. The van der Waals surface area contributed by atoms with E-state index < -0.39 is 10.8 Å². The Morgan fingerprint density at radius 1 is 1.44 bits per heavy atom. The van der Waals surface area contributed by atoms with Crippen LogP contribution >= 0.6 is 23.2 Å². The van der Waals surface area contributed by atoms with Crippen LogP contribution in [0, 0.1) is 10.1 Å². The maximum absolute atomic E-state index is 11.8. The van der Waals surface area contributed by atoms with Crippen LogP contribution in [0.1, 0.15) is 10.4 Å². The quantitative estimate of drug-likeness (QED) is 0.682. The van der Waals surface area contributed by atoms with Crippen LogP contribution in [0.5, 0.6) is 0 Å². The Hall–Kier alpha value is -1.37. The number of carbonyl (C=O) groups excluding carboxylic acids is 1. The van der Waals surface area contributed by atoms with Crippen LogP contribution in [0.3, 0.4) is 0 Å². The van der Waals surface area contributed by atoms with Gasteiger partial charge in [-0.1, -0.05) is 23.2 Å². The molecule has 6 nitrogen and oxygen atoms in total. The molecular weight excluding hydrogens is 283 g/mol. The number of hydrogen-bond donors (Lipinski definition) is 1. The molecule has 18 heavy (non-hydrogen) atoms. The van der Waals surface area contributed by atoms with Crippen molar-refractivity contribution in [2.75, 3.05) is 13.2 Å². The fourth-order valence-corrected chi connectivity index (χ4v) is 1.82. The van der Waals surface area contributed by atoms with Gasteiger partial charge in [-0.25, -0.2) is 0 Å². The lowest BCUT2D eigenvalue weighted by Gasteiger charge is -2.26. The summed E-state index contributed by atoms with van der Waals surface area (Å²) in [5.74, 6) is -0.440. The predicted octanol–water partition coefficient (Wildman–Crippen LogP) is 2.03. The second-order valence-corrected chi connectivity index (χ2v) is 4.54. The van der Waals surface area contributed by atoms with E-state index in [1.54, 1.807) is 0 Å². The Balaban J connectivity index is 2.27. The largest absolute Gasteiger partial charge is 0.377 e. The molecule has 0 aromatic heterocycles. The van der Waals surface area contributed by atoms with Gasteiger partial charge in [-0.15, -0.1) is 0 Å². The Labute approximate surface area is 112 Å². The molecule has 2 rings (SSSR count). The van der Waals surface area contributed by atoms with E-state index in [9.17, 15) is 14.9 Å². The molecule has 8 heteroatoms. The van der Waals surface area contributed by atoms with E-state index in [2.05, 4.69) is 5.32 Å². The van der Waals surface area contributed by atoms with Gasteiger partial charge in [0, 0.05) is 11.6 Å². The highest BCUT2D eigenvalue weighted by molar-refractivity contribution is 6.43. The molecule has 1 aromatic carbocycles. The van der Waals surface area contributed by atoms with Gasteiger partial charge < -0.3 is 10.1 Å². The van der Waals surface area contributed by atoms with Gasteiger partial charge in [0.2, 0.25) is 0 Å². The summed E-state index contributed by atoms with van der Waals surface area (Å²) >= 11 is 11.4. The lowest BCUT2D eigenvalue weighted by molar-refractivity contribution is -0.384. The number of nitrogens with zero attached hydrogens (tertiary/aromatic N) is 1. The third kappa shape index (κ3) is 2.55. The molecule has 1 amide bonds. The minimum Gasteiger partial charge on any atom is -0.377 e. The molecule has 1 N–H and O–H groups in total. The molecule has 1 aliphatic heterocycles. The van der Waals surface area contributed by atoms with Crippen LogP contribution in [0.15, 0.2) is 12.1 Å². The number of ether oxygens (including phenoxy) is 1. The summed E-state index contributed by atoms with van der Waals surface area (Å²) in [5, 5.41) is 13.2. The normalized spacial score (nSPS) is 15.0. The zero-order chi connectivity index (χ0) is 13.3. The Kier molecular flexibility index (Phi) is 3.70. The molecule has 0 atom stereocenters. The number of amides is 1. The van der Waals surface area contributed by atoms with Crippen LogP contribution in [-0.4, -0.2) is 30.1 Å². The van der Waals surface area contributed by atoms with Crippen LogP contribution in [0.25, 0.3) is 0 Å². The molecule has 1 heterocycles. The molecule has 0 bridgehead atoms. The maximum atomic E-state index is 11.8. The fraction of sp³-hybridized carbons (Fsp3) is 0.300. The van der Waals surface area contributed by atoms with E-state index in [4.69, 9.17) is 27.9 Å². The highest BCUT2D eigenvalue weighted by atomic mass is 35.5. The van der Waals surface area contributed by atoms with Gasteiger partial charge in [0.25, 0.3) is 11.6 Å². The molecular formula is C10H8Cl2N2O4. The highest BCUT2D eigenvalue weighted by Crippen LogP contribution is 2.33. The molecule has 0 unspecified atom stereocenters. The fourth-order valence-electron chi connectivity index (χ4n) is 1.43. The van der Waals surface area contributed by atoms with E-state index in [0.717, 1.165) is 6.07 Å². The summed E-state index contributed by atoms with van der Waals surface area (Å²) in [6, 6.07) is 2.33. The minimum absolute atomic E-state index is 0.0270. The Morgan fingerprint density at radius 3 is 2.61 bits per heavy atom. The average molecular weight is 291 g/mol. The van der Waals surface area contributed by atoms with Crippen molar-refractivity contribution in [2.24, 2.45) is 0 Å². The van der Waals surface area contributed by atoms with Crippen LogP contribution in [0.2, 0.25) is 10.0 Å². The van der Waals surface area contributed by atoms with E-state index in [-0.39, 0.29) is 27.3 Å². The van der Waals surface area contributed by atoms with Gasteiger partial charge in [0.15, 0.2) is 0 Å². The van der Waals surface area contributed by atoms with Crippen molar-refractivity contribution in [3.63, 3.8) is 0 Å². The van der Waals surface area contributed by atoms with Crippen molar-refractivity contribution in [3.8, 4) is 0 Å². The zero-order valence-electron chi connectivity index (χ0n) is 8.98. The second kappa shape index (κ2) is 5.09. The summed E-state index contributed by atoms with van der Waals surface area (Å²) in [6.07, 6.45) is 0. The standard InChI is InChI=1S/C10H8Cl2N2O4/c11-7-1-5(2-8(9(7)12)14(16)17)10(15)13-6-3-18-4-6/h1-2,6H,3-4H2,(H,13,15). The van der Waals surface area contributed by atoms with Crippen molar-refractivity contribution < 1.29 is 14.5 Å². The van der Waals surface area contributed by atoms with Crippen molar-refractivity contribution in [3.05, 3.63) is 37.9 Å². The monoisotopic (exact) mass is 290 g/mol. The van der Waals surface area contributed by atoms with Gasteiger partial charge >= 0.3 is 0 Å². The lowest BCUT2D eigenvalue weighted by atomic mass is 10.1. The van der Waals surface area contributed by atoms with Gasteiger partial charge in [0.1, 0.15) is 5.02 Å². The Morgan fingerprint density at radius 2 is 2.11 bits per heavy atom. The van der Waals surface area contributed by atoms with Crippen LogP contribution in [-0.2, 0) is 4.74 Å². The molecule has 0 saturated carbocycles. The molecule has 0 aliphatic carbocycles. The number of nitro benzene ring substituents is 1. The Bertz CT molecular complexity index is 517. The molecule has 1 aliphatic rings. The number of carbonyl (C=O) groups is 1. The van der Waals surface area contributed by atoms with Crippen molar-refractivity contribution in [1.82, 2.24) is 5.32 Å². The van der Waals surface area contributed by atoms with Crippen molar-refractivity contribution in [2.45, 2.75) is 6.04 Å². The van der Waals surface area contributed by atoms with Gasteiger partial charge in [-0.05, 0) is 6.07 Å². The number of halogens is 2.